The fraction of sp³-hybridized carbons (Fsp3) is 0.538. The van der Waals surface area contributed by atoms with Crippen molar-refractivity contribution in [2.75, 3.05) is 5.88 Å². The van der Waals surface area contributed by atoms with Gasteiger partial charge in [-0.05, 0) is 30.5 Å². The first-order valence-corrected chi connectivity index (χ1v) is 6.71. The number of hydrogen-bond acceptors (Lipinski definition) is 1. The van der Waals surface area contributed by atoms with E-state index < -0.39 is 0 Å². The monoisotopic (exact) mass is 257 g/mol. The van der Waals surface area contributed by atoms with Crippen LogP contribution in [0.25, 0.3) is 0 Å². The number of nitrogens with one attached hydrogen (secondary N) is 1. The molecule has 1 saturated carbocycles. The summed E-state index contributed by atoms with van der Waals surface area (Å²) >= 11 is 11.9. The molecule has 1 nitrogen and oxygen atoms in total. The van der Waals surface area contributed by atoms with Crippen molar-refractivity contribution in [3.05, 3.63) is 34.9 Å². The zero-order chi connectivity index (χ0) is 11.4. The van der Waals surface area contributed by atoms with E-state index in [1.807, 2.05) is 12.1 Å². The Morgan fingerprint density at radius 3 is 2.31 bits per heavy atom. The SMILES string of the molecule is ClCC1(NCc2ccc(Cl)cc2)CCCC1. The second-order valence-corrected chi connectivity index (χ2v) is 5.30. The molecule has 0 bridgehead atoms. The van der Waals surface area contributed by atoms with Crippen molar-refractivity contribution in [1.29, 1.82) is 0 Å². The summed E-state index contributed by atoms with van der Waals surface area (Å²) in [6.45, 7) is 0.879. The van der Waals surface area contributed by atoms with Gasteiger partial charge in [-0.15, -0.1) is 11.6 Å². The van der Waals surface area contributed by atoms with Crippen LogP contribution in [0.1, 0.15) is 31.2 Å². The molecule has 1 aliphatic carbocycles. The van der Waals surface area contributed by atoms with E-state index in [0.717, 1.165) is 11.6 Å². The Balaban J connectivity index is 1.93. The molecule has 0 radical (unpaired) electrons. The van der Waals surface area contributed by atoms with Gasteiger partial charge in [-0.25, -0.2) is 0 Å². The van der Waals surface area contributed by atoms with Crippen LogP contribution >= 0.6 is 23.2 Å². The molecule has 1 aromatic rings. The van der Waals surface area contributed by atoms with Crippen LogP contribution in [0.5, 0.6) is 0 Å². The van der Waals surface area contributed by atoms with Gasteiger partial charge in [0.15, 0.2) is 0 Å². The number of halogens is 2. The Labute approximate surface area is 107 Å². The van der Waals surface area contributed by atoms with Gasteiger partial charge in [0.05, 0.1) is 0 Å². The zero-order valence-electron chi connectivity index (χ0n) is 9.31. The first-order valence-electron chi connectivity index (χ1n) is 5.80. The Bertz CT molecular complexity index is 328. The molecule has 1 N–H and O–H groups in total. The van der Waals surface area contributed by atoms with Gasteiger partial charge in [0, 0.05) is 23.0 Å². The van der Waals surface area contributed by atoms with Crippen LogP contribution in [0.4, 0.5) is 0 Å². The van der Waals surface area contributed by atoms with Gasteiger partial charge in [0.1, 0.15) is 0 Å². The summed E-state index contributed by atoms with van der Waals surface area (Å²) < 4.78 is 0. The zero-order valence-corrected chi connectivity index (χ0v) is 10.8. The van der Waals surface area contributed by atoms with Crippen molar-refractivity contribution in [1.82, 2.24) is 5.32 Å². The summed E-state index contributed by atoms with van der Waals surface area (Å²) in [4.78, 5) is 0. The predicted octanol–water partition coefficient (Wildman–Crippen LogP) is 3.98. The molecule has 16 heavy (non-hydrogen) atoms. The van der Waals surface area contributed by atoms with Crippen LogP contribution in [-0.2, 0) is 6.54 Å². The molecule has 0 unspecified atom stereocenters. The summed E-state index contributed by atoms with van der Waals surface area (Å²) in [7, 11) is 0. The highest BCUT2D eigenvalue weighted by Crippen LogP contribution is 2.31. The smallest absolute Gasteiger partial charge is 0.0406 e. The molecule has 0 saturated heterocycles. The van der Waals surface area contributed by atoms with E-state index >= 15 is 0 Å². The highest BCUT2D eigenvalue weighted by molar-refractivity contribution is 6.30. The third-order valence-corrected chi connectivity index (χ3v) is 4.16. The summed E-state index contributed by atoms with van der Waals surface area (Å²) in [5.41, 5.74) is 1.43. The van der Waals surface area contributed by atoms with Gasteiger partial charge >= 0.3 is 0 Å². The first-order chi connectivity index (χ1) is 7.74. The summed E-state index contributed by atoms with van der Waals surface area (Å²) in [6.07, 6.45) is 4.98. The van der Waals surface area contributed by atoms with Crippen molar-refractivity contribution >= 4 is 23.2 Å². The third kappa shape index (κ3) is 2.91. The molecule has 2 rings (SSSR count). The molecule has 3 heteroatoms. The van der Waals surface area contributed by atoms with Crippen molar-refractivity contribution < 1.29 is 0 Å². The van der Waals surface area contributed by atoms with Crippen molar-refractivity contribution in [2.45, 2.75) is 37.8 Å². The molecule has 0 atom stereocenters. The average molecular weight is 258 g/mol. The Morgan fingerprint density at radius 2 is 1.75 bits per heavy atom. The van der Waals surface area contributed by atoms with E-state index in [9.17, 15) is 0 Å². The van der Waals surface area contributed by atoms with Crippen molar-refractivity contribution in [2.24, 2.45) is 0 Å². The standard InChI is InChI=1S/C13H17Cl2N/c14-10-13(7-1-2-8-13)16-9-11-3-5-12(15)6-4-11/h3-6,16H,1-2,7-10H2. The molecule has 0 aliphatic heterocycles. The van der Waals surface area contributed by atoms with Gasteiger partial charge in [0.25, 0.3) is 0 Å². The van der Waals surface area contributed by atoms with Crippen LogP contribution in [0.3, 0.4) is 0 Å². The fourth-order valence-corrected chi connectivity index (χ4v) is 2.79. The number of benzene rings is 1. The summed E-state index contributed by atoms with van der Waals surface area (Å²) in [5, 5.41) is 4.39. The third-order valence-electron chi connectivity index (χ3n) is 3.40. The molecule has 0 spiro atoms. The van der Waals surface area contributed by atoms with E-state index in [4.69, 9.17) is 23.2 Å². The minimum Gasteiger partial charge on any atom is -0.306 e. The summed E-state index contributed by atoms with van der Waals surface area (Å²) in [6, 6.07) is 7.99. The lowest BCUT2D eigenvalue weighted by molar-refractivity contribution is 0.368. The highest BCUT2D eigenvalue weighted by Gasteiger charge is 2.31. The second kappa shape index (κ2) is 5.39. The Kier molecular flexibility index (Phi) is 4.12. The van der Waals surface area contributed by atoms with Gasteiger partial charge in [-0.2, -0.15) is 0 Å². The molecular formula is C13H17Cl2N. The van der Waals surface area contributed by atoms with E-state index in [1.54, 1.807) is 0 Å². The predicted molar refractivity (Wildman–Crippen MR) is 70.2 cm³/mol. The molecule has 0 aromatic heterocycles. The number of rotatable bonds is 4. The molecule has 0 heterocycles. The van der Waals surface area contributed by atoms with Gasteiger partial charge in [-0.1, -0.05) is 36.6 Å². The second-order valence-electron chi connectivity index (χ2n) is 4.60. The fourth-order valence-electron chi connectivity index (χ4n) is 2.30. The topological polar surface area (TPSA) is 12.0 Å². The first kappa shape index (κ1) is 12.2. The van der Waals surface area contributed by atoms with Gasteiger partial charge in [0.2, 0.25) is 0 Å². The molecule has 1 aromatic carbocycles. The Hall–Kier alpha value is -0.240. The van der Waals surface area contributed by atoms with E-state index in [0.29, 0.717) is 5.88 Å². The highest BCUT2D eigenvalue weighted by atomic mass is 35.5. The Morgan fingerprint density at radius 1 is 1.12 bits per heavy atom. The van der Waals surface area contributed by atoms with Crippen molar-refractivity contribution in [3.63, 3.8) is 0 Å². The molecular weight excluding hydrogens is 241 g/mol. The molecule has 1 fully saturated rings. The van der Waals surface area contributed by atoms with E-state index in [1.165, 1.54) is 31.2 Å². The minimum absolute atomic E-state index is 0.168. The summed E-state index contributed by atoms with van der Waals surface area (Å²) in [5.74, 6) is 0.709. The lowest BCUT2D eigenvalue weighted by Gasteiger charge is -2.28. The van der Waals surface area contributed by atoms with Crippen LogP contribution in [0.2, 0.25) is 5.02 Å². The molecule has 88 valence electrons. The molecule has 1 aliphatic rings. The number of alkyl halides is 1. The molecule has 0 amide bonds. The van der Waals surface area contributed by atoms with Crippen LogP contribution < -0.4 is 5.32 Å². The van der Waals surface area contributed by atoms with Crippen LogP contribution in [0.15, 0.2) is 24.3 Å². The van der Waals surface area contributed by atoms with E-state index in [-0.39, 0.29) is 5.54 Å². The normalized spacial score (nSPS) is 18.9. The van der Waals surface area contributed by atoms with Gasteiger partial charge in [-0.3, -0.25) is 0 Å². The van der Waals surface area contributed by atoms with E-state index in [2.05, 4.69) is 17.4 Å². The van der Waals surface area contributed by atoms with Gasteiger partial charge < -0.3 is 5.32 Å². The quantitative estimate of drug-likeness (QED) is 0.805. The minimum atomic E-state index is 0.168. The lowest BCUT2D eigenvalue weighted by Crippen LogP contribution is -2.43. The van der Waals surface area contributed by atoms with Crippen LogP contribution in [0, 0.1) is 0 Å². The largest absolute Gasteiger partial charge is 0.306 e. The average Bonchev–Trinajstić information content (AvgIpc) is 2.78. The maximum atomic E-state index is 6.07. The lowest BCUT2D eigenvalue weighted by atomic mass is 10.00. The maximum Gasteiger partial charge on any atom is 0.0406 e. The van der Waals surface area contributed by atoms with Crippen molar-refractivity contribution in [3.8, 4) is 0 Å². The number of hydrogen-bond donors (Lipinski definition) is 1. The maximum absolute atomic E-state index is 6.07. The van der Waals surface area contributed by atoms with Crippen LogP contribution in [-0.4, -0.2) is 11.4 Å².